The standard InChI is InChI=1S/C13H20N2O2/c16-13-3-1-2-12-14-11(9-15(12)13)8-10-4-6-17-7-5-10/h9-10,13,16H,1-8H2. The number of aliphatic hydroxyl groups is 1. The first-order chi connectivity index (χ1) is 8.33. The number of aromatic nitrogens is 2. The maximum atomic E-state index is 9.88. The smallest absolute Gasteiger partial charge is 0.131 e. The van der Waals surface area contributed by atoms with Crippen molar-refractivity contribution < 1.29 is 9.84 Å². The van der Waals surface area contributed by atoms with E-state index in [1.807, 2.05) is 4.57 Å². The minimum absolute atomic E-state index is 0.352. The minimum atomic E-state index is -0.352. The molecule has 0 amide bonds. The lowest BCUT2D eigenvalue weighted by molar-refractivity contribution is 0.0661. The molecule has 1 saturated heterocycles. The summed E-state index contributed by atoms with van der Waals surface area (Å²) in [5.74, 6) is 1.77. The third-order valence-corrected chi connectivity index (χ3v) is 3.88. The highest BCUT2D eigenvalue weighted by Crippen LogP contribution is 2.25. The molecule has 1 aromatic rings. The Morgan fingerprint density at radius 3 is 2.94 bits per heavy atom. The van der Waals surface area contributed by atoms with Crippen LogP contribution in [0, 0.1) is 5.92 Å². The molecule has 0 saturated carbocycles. The Labute approximate surface area is 102 Å². The lowest BCUT2D eigenvalue weighted by Crippen LogP contribution is -2.17. The molecule has 4 nitrogen and oxygen atoms in total. The van der Waals surface area contributed by atoms with Crippen LogP contribution in [0.25, 0.3) is 0 Å². The normalized spacial score (nSPS) is 25.8. The second-order valence-corrected chi connectivity index (χ2v) is 5.19. The van der Waals surface area contributed by atoms with Crippen LogP contribution in [0.4, 0.5) is 0 Å². The lowest BCUT2D eigenvalue weighted by atomic mass is 9.95. The van der Waals surface area contributed by atoms with Crippen molar-refractivity contribution in [3.63, 3.8) is 0 Å². The first-order valence-corrected chi connectivity index (χ1v) is 6.65. The highest BCUT2D eigenvalue weighted by atomic mass is 16.5. The van der Waals surface area contributed by atoms with Gasteiger partial charge in [0.2, 0.25) is 0 Å². The van der Waals surface area contributed by atoms with Crippen LogP contribution in [0.1, 0.15) is 43.4 Å². The molecule has 1 unspecified atom stereocenters. The van der Waals surface area contributed by atoms with Gasteiger partial charge in [-0.15, -0.1) is 0 Å². The SMILES string of the molecule is OC1CCCc2nc(CC3CCOCC3)cn21. The summed E-state index contributed by atoms with van der Waals surface area (Å²) >= 11 is 0. The van der Waals surface area contributed by atoms with Gasteiger partial charge in [-0.2, -0.15) is 0 Å². The van der Waals surface area contributed by atoms with Gasteiger partial charge in [-0.05, 0) is 38.0 Å². The van der Waals surface area contributed by atoms with Crippen LogP contribution < -0.4 is 0 Å². The van der Waals surface area contributed by atoms with E-state index >= 15 is 0 Å². The summed E-state index contributed by atoms with van der Waals surface area (Å²) in [7, 11) is 0. The van der Waals surface area contributed by atoms with Crippen LogP contribution in [0.2, 0.25) is 0 Å². The van der Waals surface area contributed by atoms with Crippen molar-refractivity contribution in [3.8, 4) is 0 Å². The number of aryl methyl sites for hydroxylation is 1. The fourth-order valence-electron chi connectivity index (χ4n) is 2.86. The van der Waals surface area contributed by atoms with E-state index in [-0.39, 0.29) is 6.23 Å². The van der Waals surface area contributed by atoms with E-state index in [9.17, 15) is 5.11 Å². The summed E-state index contributed by atoms with van der Waals surface area (Å²) in [5, 5.41) is 9.88. The van der Waals surface area contributed by atoms with E-state index in [0.717, 1.165) is 63.3 Å². The van der Waals surface area contributed by atoms with Gasteiger partial charge in [-0.25, -0.2) is 4.98 Å². The van der Waals surface area contributed by atoms with E-state index in [4.69, 9.17) is 4.74 Å². The Balaban J connectivity index is 1.71. The zero-order valence-corrected chi connectivity index (χ0v) is 10.1. The summed E-state index contributed by atoms with van der Waals surface area (Å²) < 4.78 is 7.33. The van der Waals surface area contributed by atoms with Gasteiger partial charge >= 0.3 is 0 Å². The van der Waals surface area contributed by atoms with Crippen LogP contribution in [0.15, 0.2) is 6.20 Å². The first kappa shape index (κ1) is 11.2. The second kappa shape index (κ2) is 4.78. The molecule has 4 heteroatoms. The van der Waals surface area contributed by atoms with Crippen LogP contribution in [0.5, 0.6) is 0 Å². The van der Waals surface area contributed by atoms with E-state index in [0.29, 0.717) is 5.92 Å². The van der Waals surface area contributed by atoms with Gasteiger partial charge in [0.15, 0.2) is 0 Å². The number of fused-ring (bicyclic) bond motifs is 1. The molecular formula is C13H20N2O2. The van der Waals surface area contributed by atoms with Crippen molar-refractivity contribution >= 4 is 0 Å². The fraction of sp³-hybridized carbons (Fsp3) is 0.769. The van der Waals surface area contributed by atoms with Crippen molar-refractivity contribution in [3.05, 3.63) is 17.7 Å². The molecule has 94 valence electrons. The molecule has 1 aromatic heterocycles. The molecule has 3 rings (SSSR count). The topological polar surface area (TPSA) is 47.3 Å². The summed E-state index contributed by atoms with van der Waals surface area (Å²) in [4.78, 5) is 4.66. The predicted octanol–water partition coefficient (Wildman–Crippen LogP) is 1.68. The zero-order valence-electron chi connectivity index (χ0n) is 10.1. The van der Waals surface area contributed by atoms with E-state index in [1.165, 1.54) is 0 Å². The van der Waals surface area contributed by atoms with Crippen molar-refractivity contribution in [1.29, 1.82) is 0 Å². The molecule has 2 aliphatic heterocycles. The first-order valence-electron chi connectivity index (χ1n) is 6.65. The number of hydrogen-bond acceptors (Lipinski definition) is 3. The van der Waals surface area contributed by atoms with Crippen LogP contribution in [-0.4, -0.2) is 27.9 Å². The number of rotatable bonds is 2. The van der Waals surface area contributed by atoms with Crippen molar-refractivity contribution in [2.24, 2.45) is 5.92 Å². The number of aliphatic hydroxyl groups excluding tert-OH is 1. The molecule has 17 heavy (non-hydrogen) atoms. The average molecular weight is 236 g/mol. The number of ether oxygens (including phenoxy) is 1. The highest BCUT2D eigenvalue weighted by Gasteiger charge is 2.21. The third kappa shape index (κ3) is 2.38. The summed E-state index contributed by atoms with van der Waals surface area (Å²) in [6.45, 7) is 1.78. The third-order valence-electron chi connectivity index (χ3n) is 3.88. The van der Waals surface area contributed by atoms with Gasteiger partial charge in [-0.3, -0.25) is 0 Å². The van der Waals surface area contributed by atoms with Crippen molar-refractivity contribution in [1.82, 2.24) is 9.55 Å². The van der Waals surface area contributed by atoms with Gasteiger partial charge in [0.1, 0.15) is 12.1 Å². The molecule has 3 heterocycles. The van der Waals surface area contributed by atoms with E-state index in [2.05, 4.69) is 11.2 Å². The van der Waals surface area contributed by atoms with Crippen LogP contribution in [0.3, 0.4) is 0 Å². The number of hydrogen-bond donors (Lipinski definition) is 1. The van der Waals surface area contributed by atoms with Crippen molar-refractivity contribution in [2.75, 3.05) is 13.2 Å². The second-order valence-electron chi connectivity index (χ2n) is 5.19. The number of nitrogens with zero attached hydrogens (tertiary/aromatic N) is 2. The van der Waals surface area contributed by atoms with Gasteiger partial charge < -0.3 is 14.4 Å². The van der Waals surface area contributed by atoms with E-state index < -0.39 is 0 Å². The zero-order chi connectivity index (χ0) is 11.7. The minimum Gasteiger partial charge on any atom is -0.381 e. The van der Waals surface area contributed by atoms with E-state index in [1.54, 1.807) is 0 Å². The molecule has 0 aromatic carbocycles. The molecule has 0 bridgehead atoms. The molecule has 1 N–H and O–H groups in total. The highest BCUT2D eigenvalue weighted by molar-refractivity contribution is 5.08. The molecule has 1 fully saturated rings. The Morgan fingerprint density at radius 1 is 1.35 bits per heavy atom. The van der Waals surface area contributed by atoms with Gasteiger partial charge in [0.25, 0.3) is 0 Å². The Bertz CT molecular complexity index is 383. The van der Waals surface area contributed by atoms with Gasteiger partial charge in [0, 0.05) is 25.8 Å². The van der Waals surface area contributed by atoms with Crippen LogP contribution >= 0.6 is 0 Å². The monoisotopic (exact) mass is 236 g/mol. The Kier molecular flexibility index (Phi) is 3.16. The predicted molar refractivity (Wildman–Crippen MR) is 63.7 cm³/mol. The molecule has 0 aliphatic carbocycles. The molecule has 0 spiro atoms. The lowest BCUT2D eigenvalue weighted by Gasteiger charge is -2.20. The molecule has 0 radical (unpaired) electrons. The average Bonchev–Trinajstić information content (AvgIpc) is 2.74. The van der Waals surface area contributed by atoms with Crippen LogP contribution in [-0.2, 0) is 17.6 Å². The molecule has 1 atom stereocenters. The van der Waals surface area contributed by atoms with Crippen molar-refractivity contribution in [2.45, 2.75) is 44.8 Å². The van der Waals surface area contributed by atoms with Gasteiger partial charge in [0.05, 0.1) is 5.69 Å². The van der Waals surface area contributed by atoms with Gasteiger partial charge in [-0.1, -0.05) is 0 Å². The molecule has 2 aliphatic rings. The Hall–Kier alpha value is -0.870. The maximum absolute atomic E-state index is 9.88. The quantitative estimate of drug-likeness (QED) is 0.850. The summed E-state index contributed by atoms with van der Waals surface area (Å²) in [6, 6.07) is 0. The maximum Gasteiger partial charge on any atom is 0.131 e. The summed E-state index contributed by atoms with van der Waals surface area (Å²) in [6.07, 6.45) is 7.94. The molecular weight excluding hydrogens is 216 g/mol. The largest absolute Gasteiger partial charge is 0.381 e. The summed E-state index contributed by atoms with van der Waals surface area (Å²) in [5.41, 5.74) is 1.15. The fourth-order valence-corrected chi connectivity index (χ4v) is 2.86. The Morgan fingerprint density at radius 2 is 2.18 bits per heavy atom. The number of imidazole rings is 1.